The van der Waals surface area contributed by atoms with Crippen LogP contribution in [0.4, 0.5) is 9.59 Å². The van der Waals surface area contributed by atoms with Gasteiger partial charge in [0.25, 0.3) is 0 Å². The van der Waals surface area contributed by atoms with Gasteiger partial charge in [-0.2, -0.15) is 0 Å². The van der Waals surface area contributed by atoms with Gasteiger partial charge in [0, 0.05) is 12.3 Å². The predicted molar refractivity (Wildman–Crippen MR) is 165 cm³/mol. The van der Waals surface area contributed by atoms with Crippen LogP contribution in [0.15, 0.2) is 91.0 Å². The van der Waals surface area contributed by atoms with Gasteiger partial charge in [-0.25, -0.2) is 19.4 Å². The Morgan fingerprint density at radius 2 is 1.09 bits per heavy atom. The third-order valence-corrected chi connectivity index (χ3v) is 8.92. The molecule has 0 radical (unpaired) electrons. The summed E-state index contributed by atoms with van der Waals surface area (Å²) in [6.07, 6.45) is -1.54. The van der Waals surface area contributed by atoms with Gasteiger partial charge < -0.3 is 9.47 Å². The van der Waals surface area contributed by atoms with E-state index in [2.05, 4.69) is 0 Å². The number of hydrogen-bond acceptors (Lipinski definition) is 6. The Morgan fingerprint density at radius 3 is 1.57 bits per heavy atom. The van der Waals surface area contributed by atoms with Crippen molar-refractivity contribution in [1.82, 2.24) is 9.80 Å². The average Bonchev–Trinajstić information content (AvgIpc) is 3.39. The van der Waals surface area contributed by atoms with E-state index in [4.69, 9.17) is 9.47 Å². The van der Waals surface area contributed by atoms with E-state index in [1.807, 2.05) is 105 Å². The Labute approximate surface area is 258 Å². The standard InChI is InChI=1S/C36H40N2O6/c1-23(22-28(39)37-30(26-18-12-8-13-19-26)35(3,4)43-33(37)41)29(24(2)25-16-10-7-11-17-25)32(40)38-31(27-20-14-9-15-21-27)36(5,6)44-34(38)42/h7-21,23-24,29-31H,22H2,1-6H3/t23-,24-,29-,30-,31-/m0/s1. The summed E-state index contributed by atoms with van der Waals surface area (Å²) in [6.45, 7) is 10.9. The van der Waals surface area contributed by atoms with Crippen LogP contribution in [0.1, 0.15) is 82.7 Å². The van der Waals surface area contributed by atoms with Crippen molar-refractivity contribution in [3.8, 4) is 0 Å². The van der Waals surface area contributed by atoms with Gasteiger partial charge in [-0.15, -0.1) is 0 Å². The number of carbonyl (C=O) groups excluding carboxylic acids is 4. The number of carbonyl (C=O) groups is 4. The number of benzene rings is 3. The molecular weight excluding hydrogens is 556 g/mol. The van der Waals surface area contributed by atoms with Gasteiger partial charge in [0.15, 0.2) is 0 Å². The van der Waals surface area contributed by atoms with E-state index >= 15 is 0 Å². The van der Waals surface area contributed by atoms with Gasteiger partial charge in [0.2, 0.25) is 11.8 Å². The molecule has 4 amide bonds. The van der Waals surface area contributed by atoms with E-state index in [0.29, 0.717) is 0 Å². The molecule has 8 heteroatoms. The molecule has 2 aliphatic rings. The van der Waals surface area contributed by atoms with Crippen LogP contribution >= 0.6 is 0 Å². The minimum absolute atomic E-state index is 0.107. The smallest absolute Gasteiger partial charge is 0.417 e. The topological polar surface area (TPSA) is 93.2 Å². The van der Waals surface area contributed by atoms with Crippen LogP contribution in [0.25, 0.3) is 0 Å². The summed E-state index contributed by atoms with van der Waals surface area (Å²) < 4.78 is 11.4. The monoisotopic (exact) mass is 596 g/mol. The summed E-state index contributed by atoms with van der Waals surface area (Å²) in [7, 11) is 0. The molecule has 2 aliphatic heterocycles. The van der Waals surface area contributed by atoms with E-state index in [9.17, 15) is 19.2 Å². The third-order valence-electron chi connectivity index (χ3n) is 8.92. The zero-order valence-corrected chi connectivity index (χ0v) is 26.1. The first-order chi connectivity index (χ1) is 20.8. The second-order valence-electron chi connectivity index (χ2n) is 12.9. The highest BCUT2D eigenvalue weighted by Gasteiger charge is 2.55. The molecule has 0 spiro atoms. The fourth-order valence-corrected chi connectivity index (χ4v) is 6.90. The van der Waals surface area contributed by atoms with E-state index in [-0.39, 0.29) is 12.3 Å². The summed E-state index contributed by atoms with van der Waals surface area (Å²) in [4.78, 5) is 57.6. The van der Waals surface area contributed by atoms with Crippen LogP contribution in [0.3, 0.4) is 0 Å². The van der Waals surface area contributed by atoms with Crippen LogP contribution in [-0.4, -0.2) is 45.0 Å². The number of nitrogens with zero attached hydrogens (tertiary/aromatic N) is 2. The van der Waals surface area contributed by atoms with Crippen LogP contribution in [0.2, 0.25) is 0 Å². The maximum atomic E-state index is 14.6. The highest BCUT2D eigenvalue weighted by atomic mass is 16.6. The molecule has 44 heavy (non-hydrogen) atoms. The van der Waals surface area contributed by atoms with Crippen LogP contribution < -0.4 is 0 Å². The first-order valence-electron chi connectivity index (χ1n) is 15.1. The van der Waals surface area contributed by atoms with Crippen molar-refractivity contribution >= 4 is 24.0 Å². The zero-order chi connectivity index (χ0) is 31.8. The van der Waals surface area contributed by atoms with Gasteiger partial charge in [-0.3, -0.25) is 9.59 Å². The second kappa shape index (κ2) is 11.9. The minimum atomic E-state index is -0.971. The summed E-state index contributed by atoms with van der Waals surface area (Å²) >= 11 is 0. The van der Waals surface area contributed by atoms with Crippen molar-refractivity contribution in [2.75, 3.05) is 0 Å². The number of rotatable bonds is 8. The lowest BCUT2D eigenvalue weighted by molar-refractivity contribution is -0.138. The molecule has 8 nitrogen and oxygen atoms in total. The van der Waals surface area contributed by atoms with E-state index < -0.39 is 59.1 Å². The average molecular weight is 597 g/mol. The molecule has 0 aromatic heterocycles. The number of amides is 4. The Bertz CT molecular complexity index is 1520. The van der Waals surface area contributed by atoms with E-state index in [1.54, 1.807) is 27.7 Å². The Morgan fingerprint density at radius 1 is 0.682 bits per heavy atom. The first kappa shape index (κ1) is 31.0. The number of ether oxygens (including phenoxy) is 2. The molecule has 0 saturated carbocycles. The molecule has 0 aliphatic carbocycles. The van der Waals surface area contributed by atoms with Gasteiger partial charge >= 0.3 is 12.2 Å². The molecule has 5 atom stereocenters. The molecule has 0 N–H and O–H groups in total. The summed E-state index contributed by atoms with van der Waals surface area (Å²) in [5.74, 6) is -2.55. The maximum Gasteiger partial charge on any atom is 0.417 e. The lowest BCUT2D eigenvalue weighted by atomic mass is 9.76. The normalized spacial score (nSPS) is 22.6. The molecule has 2 heterocycles. The third kappa shape index (κ3) is 5.73. The number of cyclic esters (lactones) is 2. The first-order valence-corrected chi connectivity index (χ1v) is 15.1. The van der Waals surface area contributed by atoms with Gasteiger partial charge in [-0.05, 0) is 56.2 Å². The molecule has 0 unspecified atom stereocenters. The van der Waals surface area contributed by atoms with Crippen molar-refractivity contribution < 1.29 is 28.7 Å². The lowest BCUT2D eigenvalue weighted by Gasteiger charge is -2.35. The molecule has 5 rings (SSSR count). The summed E-state index contributed by atoms with van der Waals surface area (Å²) in [5, 5.41) is 0. The number of hydrogen-bond donors (Lipinski definition) is 0. The van der Waals surface area contributed by atoms with Crippen LogP contribution in [-0.2, 0) is 19.1 Å². The Balaban J connectivity index is 1.50. The fourth-order valence-electron chi connectivity index (χ4n) is 6.90. The molecule has 0 bridgehead atoms. The molecule has 230 valence electrons. The zero-order valence-electron chi connectivity index (χ0n) is 26.1. The highest BCUT2D eigenvalue weighted by Crippen LogP contribution is 2.46. The maximum absolute atomic E-state index is 14.6. The van der Waals surface area contributed by atoms with Crippen LogP contribution in [0, 0.1) is 11.8 Å². The quantitative estimate of drug-likeness (QED) is 0.269. The van der Waals surface area contributed by atoms with Crippen molar-refractivity contribution in [1.29, 1.82) is 0 Å². The van der Waals surface area contributed by atoms with Crippen LogP contribution in [0.5, 0.6) is 0 Å². The Hall–Kier alpha value is -4.46. The molecule has 3 aromatic rings. The van der Waals surface area contributed by atoms with Gasteiger partial charge in [0.05, 0.1) is 0 Å². The van der Waals surface area contributed by atoms with Crippen molar-refractivity contribution in [2.24, 2.45) is 11.8 Å². The summed E-state index contributed by atoms with van der Waals surface area (Å²) in [5.41, 5.74) is 0.540. The van der Waals surface area contributed by atoms with Crippen molar-refractivity contribution in [3.05, 3.63) is 108 Å². The Kier molecular flexibility index (Phi) is 8.38. The predicted octanol–water partition coefficient (Wildman–Crippen LogP) is 7.43. The number of imide groups is 2. The SMILES string of the molecule is C[C@@H](CC(=O)N1C(=O)OC(C)(C)[C@@H]1c1ccccc1)[C@H](C(=O)N1C(=O)OC(C)(C)[C@@H]1c1ccccc1)[C@@H](C)c1ccccc1. The molecule has 2 saturated heterocycles. The second-order valence-corrected chi connectivity index (χ2v) is 12.9. The van der Waals surface area contributed by atoms with E-state index in [1.165, 1.54) is 9.80 Å². The largest absolute Gasteiger partial charge is 0.440 e. The van der Waals surface area contributed by atoms with Gasteiger partial charge in [0.1, 0.15) is 23.3 Å². The van der Waals surface area contributed by atoms with E-state index in [0.717, 1.165) is 16.7 Å². The molecule has 3 aromatic carbocycles. The van der Waals surface area contributed by atoms with Crippen molar-refractivity contribution in [3.63, 3.8) is 0 Å². The van der Waals surface area contributed by atoms with Gasteiger partial charge in [-0.1, -0.05) is 105 Å². The molecular formula is C36H40N2O6. The minimum Gasteiger partial charge on any atom is -0.440 e. The fraction of sp³-hybridized carbons (Fsp3) is 0.389. The summed E-state index contributed by atoms with van der Waals surface area (Å²) in [6, 6.07) is 27.0. The van der Waals surface area contributed by atoms with Crippen molar-refractivity contribution in [2.45, 2.75) is 77.2 Å². The highest BCUT2D eigenvalue weighted by molar-refractivity contribution is 5.97. The lowest BCUT2D eigenvalue weighted by Crippen LogP contribution is -2.45. The molecule has 2 fully saturated rings.